The van der Waals surface area contributed by atoms with E-state index in [-0.39, 0.29) is 5.91 Å². The van der Waals surface area contributed by atoms with Crippen molar-refractivity contribution in [3.05, 3.63) is 54.1 Å². The van der Waals surface area contributed by atoms with Crippen molar-refractivity contribution in [2.45, 2.75) is 6.92 Å². The van der Waals surface area contributed by atoms with Crippen LogP contribution < -0.4 is 11.1 Å². The van der Waals surface area contributed by atoms with Crippen LogP contribution in [0.1, 0.15) is 15.9 Å². The van der Waals surface area contributed by atoms with Gasteiger partial charge in [-0.1, -0.05) is 6.07 Å². The van der Waals surface area contributed by atoms with Crippen molar-refractivity contribution < 1.29 is 4.79 Å². The second kappa shape index (κ2) is 4.65. The third kappa shape index (κ3) is 2.07. The molecule has 0 saturated carbocycles. The number of nitrogen functional groups attached to an aromatic ring is 1. The van der Waals surface area contributed by atoms with Crippen molar-refractivity contribution >= 4 is 22.8 Å². The number of fused-ring (bicyclic) bond motifs is 1. The molecular formula is C14H13N5O. The molecule has 20 heavy (non-hydrogen) atoms. The van der Waals surface area contributed by atoms with Gasteiger partial charge in [-0.15, -0.1) is 0 Å². The summed E-state index contributed by atoms with van der Waals surface area (Å²) in [6, 6.07) is 5.49. The fourth-order valence-electron chi connectivity index (χ4n) is 1.98. The van der Waals surface area contributed by atoms with Crippen molar-refractivity contribution in [2.24, 2.45) is 0 Å². The first kappa shape index (κ1) is 12.2. The van der Waals surface area contributed by atoms with Gasteiger partial charge in [0.1, 0.15) is 0 Å². The number of nitrogens with two attached hydrogens (primary N) is 1. The second-order valence-corrected chi connectivity index (χ2v) is 4.51. The molecule has 1 aromatic carbocycles. The minimum Gasteiger partial charge on any atom is -0.397 e. The van der Waals surface area contributed by atoms with Crippen LogP contribution in [-0.4, -0.2) is 20.5 Å². The number of nitrogens with one attached hydrogen (secondary N) is 1. The highest BCUT2D eigenvalue weighted by atomic mass is 16.1. The molecule has 2 heterocycles. The molecule has 0 saturated heterocycles. The molecule has 0 aliphatic heterocycles. The quantitative estimate of drug-likeness (QED) is 0.694. The Kier molecular flexibility index (Phi) is 2.83. The highest BCUT2D eigenvalue weighted by Crippen LogP contribution is 2.21. The van der Waals surface area contributed by atoms with Crippen LogP contribution in [0.4, 0.5) is 11.4 Å². The number of hydrogen-bond donors (Lipinski definition) is 2. The summed E-state index contributed by atoms with van der Waals surface area (Å²) in [6.07, 6.45) is 6.41. The summed E-state index contributed by atoms with van der Waals surface area (Å²) in [7, 11) is 0. The lowest BCUT2D eigenvalue weighted by Crippen LogP contribution is -2.13. The fraction of sp³-hybridized carbons (Fsp3) is 0.0714. The Labute approximate surface area is 115 Å². The van der Waals surface area contributed by atoms with Crippen LogP contribution in [0.5, 0.6) is 0 Å². The van der Waals surface area contributed by atoms with E-state index in [1.165, 1.54) is 6.20 Å². The zero-order valence-electron chi connectivity index (χ0n) is 10.9. The average molecular weight is 267 g/mol. The average Bonchev–Trinajstić information content (AvgIpc) is 2.87. The predicted octanol–water partition coefficient (Wildman–Crippen LogP) is 1.87. The number of anilines is 2. The normalized spacial score (nSPS) is 10.7. The topological polar surface area (TPSA) is 85.3 Å². The zero-order valence-corrected chi connectivity index (χ0v) is 10.9. The van der Waals surface area contributed by atoms with Crippen LogP contribution in [0.3, 0.4) is 0 Å². The largest absolute Gasteiger partial charge is 0.397 e. The van der Waals surface area contributed by atoms with Gasteiger partial charge in [0.05, 0.1) is 34.8 Å². The molecule has 3 aromatic rings. The predicted molar refractivity (Wildman–Crippen MR) is 76.5 cm³/mol. The molecule has 2 aromatic heterocycles. The number of amides is 1. The van der Waals surface area contributed by atoms with Gasteiger partial charge in [0, 0.05) is 12.4 Å². The molecule has 6 nitrogen and oxygen atoms in total. The molecule has 3 N–H and O–H groups in total. The van der Waals surface area contributed by atoms with E-state index in [2.05, 4.69) is 15.4 Å². The van der Waals surface area contributed by atoms with E-state index in [4.69, 9.17) is 5.73 Å². The highest BCUT2D eigenvalue weighted by Gasteiger charge is 2.13. The maximum atomic E-state index is 12.3. The van der Waals surface area contributed by atoms with Crippen molar-refractivity contribution in [3.8, 4) is 0 Å². The van der Waals surface area contributed by atoms with Crippen molar-refractivity contribution in [1.29, 1.82) is 0 Å². The van der Waals surface area contributed by atoms with Crippen molar-refractivity contribution in [2.75, 3.05) is 11.1 Å². The van der Waals surface area contributed by atoms with Crippen LogP contribution in [0.25, 0.3) is 5.52 Å². The summed E-state index contributed by atoms with van der Waals surface area (Å²) in [5, 5.41) is 6.91. The molecule has 0 unspecified atom stereocenters. The van der Waals surface area contributed by atoms with E-state index in [1.54, 1.807) is 29.2 Å². The minimum absolute atomic E-state index is 0.259. The second-order valence-electron chi connectivity index (χ2n) is 4.51. The molecule has 6 heteroatoms. The number of aryl methyl sites for hydroxylation is 1. The first-order valence-corrected chi connectivity index (χ1v) is 6.10. The van der Waals surface area contributed by atoms with E-state index < -0.39 is 0 Å². The molecule has 1 amide bonds. The standard InChI is InChI=1S/C14H13N5O/c1-9-2-3-11(15)12(6-9)18-14(20)10-7-17-19-5-4-16-8-13(10)19/h2-8H,15H2,1H3,(H,18,20). The summed E-state index contributed by atoms with van der Waals surface area (Å²) >= 11 is 0. The molecule has 0 aliphatic carbocycles. The van der Waals surface area contributed by atoms with Gasteiger partial charge >= 0.3 is 0 Å². The van der Waals surface area contributed by atoms with Crippen LogP contribution in [0.2, 0.25) is 0 Å². The first-order valence-electron chi connectivity index (χ1n) is 6.10. The Bertz CT molecular complexity index is 793. The maximum Gasteiger partial charge on any atom is 0.259 e. The highest BCUT2D eigenvalue weighted by molar-refractivity contribution is 6.09. The van der Waals surface area contributed by atoms with Crippen molar-refractivity contribution in [1.82, 2.24) is 14.6 Å². The molecule has 0 spiro atoms. The van der Waals surface area contributed by atoms with Gasteiger partial charge in [0.25, 0.3) is 5.91 Å². The van der Waals surface area contributed by atoms with E-state index in [0.717, 1.165) is 5.56 Å². The van der Waals surface area contributed by atoms with Crippen LogP contribution in [-0.2, 0) is 0 Å². The molecule has 0 fully saturated rings. The SMILES string of the molecule is Cc1ccc(N)c(NC(=O)c2cnn3ccncc23)c1. The van der Waals surface area contributed by atoms with Crippen LogP contribution in [0, 0.1) is 6.92 Å². The molecule has 0 radical (unpaired) electrons. The van der Waals surface area contributed by atoms with E-state index >= 15 is 0 Å². The fourth-order valence-corrected chi connectivity index (χ4v) is 1.98. The smallest absolute Gasteiger partial charge is 0.259 e. The summed E-state index contributed by atoms with van der Waals surface area (Å²) in [6.45, 7) is 1.94. The summed E-state index contributed by atoms with van der Waals surface area (Å²) < 4.78 is 1.60. The number of benzene rings is 1. The van der Waals surface area contributed by atoms with Gasteiger partial charge in [-0.3, -0.25) is 9.78 Å². The molecule has 0 bridgehead atoms. The van der Waals surface area contributed by atoms with E-state index in [9.17, 15) is 4.79 Å². The van der Waals surface area contributed by atoms with Gasteiger partial charge in [-0.25, -0.2) is 4.52 Å². The molecule has 100 valence electrons. The Morgan fingerprint density at radius 2 is 2.20 bits per heavy atom. The van der Waals surface area contributed by atoms with Gasteiger partial charge in [-0.05, 0) is 24.6 Å². The monoisotopic (exact) mass is 267 g/mol. The Hall–Kier alpha value is -2.89. The lowest BCUT2D eigenvalue weighted by molar-refractivity contribution is 0.102. The van der Waals surface area contributed by atoms with Crippen LogP contribution in [0.15, 0.2) is 43.0 Å². The van der Waals surface area contributed by atoms with Gasteiger partial charge in [0.15, 0.2) is 0 Å². The molecule has 3 rings (SSSR count). The number of aromatic nitrogens is 3. The number of hydrogen-bond acceptors (Lipinski definition) is 4. The Morgan fingerprint density at radius 1 is 1.35 bits per heavy atom. The third-order valence-corrected chi connectivity index (χ3v) is 3.03. The van der Waals surface area contributed by atoms with Gasteiger partial charge < -0.3 is 11.1 Å². The minimum atomic E-state index is -0.259. The lowest BCUT2D eigenvalue weighted by atomic mass is 10.2. The third-order valence-electron chi connectivity index (χ3n) is 3.03. The molecule has 0 atom stereocenters. The summed E-state index contributed by atoms with van der Waals surface area (Å²) in [5.41, 5.74) is 9.11. The zero-order chi connectivity index (χ0) is 14.1. The van der Waals surface area contributed by atoms with Crippen LogP contribution >= 0.6 is 0 Å². The van der Waals surface area contributed by atoms with Gasteiger partial charge in [-0.2, -0.15) is 5.10 Å². The summed E-state index contributed by atoms with van der Waals surface area (Å²) in [4.78, 5) is 16.3. The number of carbonyl (C=O) groups excluding carboxylic acids is 1. The lowest BCUT2D eigenvalue weighted by Gasteiger charge is -2.08. The van der Waals surface area contributed by atoms with Crippen molar-refractivity contribution in [3.63, 3.8) is 0 Å². The van der Waals surface area contributed by atoms with E-state index in [1.807, 2.05) is 19.1 Å². The molecule has 0 aliphatic rings. The maximum absolute atomic E-state index is 12.3. The molecular weight excluding hydrogens is 254 g/mol. The summed E-state index contributed by atoms with van der Waals surface area (Å²) in [5.74, 6) is -0.259. The van der Waals surface area contributed by atoms with E-state index in [0.29, 0.717) is 22.5 Å². The number of carbonyl (C=O) groups is 1. The van der Waals surface area contributed by atoms with Gasteiger partial charge in [0.2, 0.25) is 0 Å². The first-order chi connectivity index (χ1) is 9.65. The number of rotatable bonds is 2. The number of nitrogens with zero attached hydrogens (tertiary/aromatic N) is 3. The Balaban J connectivity index is 1.95. The Morgan fingerprint density at radius 3 is 3.05 bits per heavy atom.